The minimum absolute atomic E-state index is 0.123. The number of nitrogens with zero attached hydrogens (tertiary/aromatic N) is 3. The molecule has 0 amide bonds. The standard InChI is InChI=1S/C74H51N3/c1-5-22-51(23-6-1)54-24-19-31-60(50-54)75(70-41-21-38-67-72(70)65-34-13-16-37-66(65)74(67,55-25-7-2-8-26-55)56-27-9-3-10-28-56)58-46-42-52(43-47-58)53-44-48-59(49-45-53)77-69-40-18-15-33-62(69)64-36-20-35-63-61-32-14-17-39-68(61)76(73(77)71(63)64)57-29-11-4-12-30-57/h1-50,73H. The van der Waals surface area contributed by atoms with Crippen LogP contribution < -0.4 is 14.7 Å². The molecular formula is C74H51N3. The highest BCUT2D eigenvalue weighted by molar-refractivity contribution is 6.00. The Balaban J connectivity index is 0.860. The van der Waals surface area contributed by atoms with Crippen molar-refractivity contribution in [3.05, 3.63) is 331 Å². The van der Waals surface area contributed by atoms with E-state index in [1.807, 2.05) is 0 Å². The zero-order chi connectivity index (χ0) is 50.9. The molecule has 0 aromatic heterocycles. The molecule has 77 heavy (non-hydrogen) atoms. The van der Waals surface area contributed by atoms with E-state index >= 15 is 0 Å². The molecule has 15 rings (SSSR count). The van der Waals surface area contributed by atoms with Crippen LogP contribution in [-0.2, 0) is 5.41 Å². The molecule has 2 heterocycles. The lowest BCUT2D eigenvalue weighted by atomic mass is 9.68. The Morgan fingerprint density at radius 3 is 1.36 bits per heavy atom. The molecule has 1 unspecified atom stereocenters. The van der Waals surface area contributed by atoms with Crippen LogP contribution in [0, 0.1) is 0 Å². The van der Waals surface area contributed by atoms with E-state index in [2.05, 4.69) is 318 Å². The van der Waals surface area contributed by atoms with Gasteiger partial charge in [-0.3, -0.25) is 0 Å². The van der Waals surface area contributed by atoms with Gasteiger partial charge < -0.3 is 14.7 Å². The number of hydrogen-bond donors (Lipinski definition) is 0. The summed E-state index contributed by atoms with van der Waals surface area (Å²) < 4.78 is 0. The van der Waals surface area contributed by atoms with Crippen LogP contribution in [0.25, 0.3) is 55.6 Å². The van der Waals surface area contributed by atoms with Crippen LogP contribution >= 0.6 is 0 Å². The molecule has 0 N–H and O–H groups in total. The fraction of sp³-hybridized carbons (Fsp3) is 0.0270. The topological polar surface area (TPSA) is 9.72 Å². The largest absolute Gasteiger partial charge is 0.315 e. The smallest absolute Gasteiger partial charge is 0.138 e. The van der Waals surface area contributed by atoms with Gasteiger partial charge in [0.25, 0.3) is 0 Å². The van der Waals surface area contributed by atoms with Crippen LogP contribution in [0.1, 0.15) is 34.0 Å². The predicted octanol–water partition coefficient (Wildman–Crippen LogP) is 19.5. The van der Waals surface area contributed by atoms with Gasteiger partial charge in [0.2, 0.25) is 0 Å². The van der Waals surface area contributed by atoms with Crippen molar-refractivity contribution in [2.45, 2.75) is 11.6 Å². The number of hydrogen-bond acceptors (Lipinski definition) is 3. The molecule has 3 heteroatoms. The maximum Gasteiger partial charge on any atom is 0.138 e. The third kappa shape index (κ3) is 6.98. The number of para-hydroxylation sites is 3. The first-order valence-electron chi connectivity index (χ1n) is 26.7. The zero-order valence-corrected chi connectivity index (χ0v) is 42.3. The highest BCUT2D eigenvalue weighted by atomic mass is 15.4. The van der Waals surface area contributed by atoms with Crippen LogP contribution in [0.15, 0.2) is 303 Å². The van der Waals surface area contributed by atoms with Crippen LogP contribution in [-0.4, -0.2) is 0 Å². The molecule has 0 saturated heterocycles. The predicted molar refractivity (Wildman–Crippen MR) is 320 cm³/mol. The van der Waals surface area contributed by atoms with E-state index in [1.54, 1.807) is 0 Å². The fourth-order valence-corrected chi connectivity index (χ4v) is 13.1. The van der Waals surface area contributed by atoms with E-state index in [1.165, 1.54) is 83.7 Å². The lowest BCUT2D eigenvalue weighted by Crippen LogP contribution is -2.41. The van der Waals surface area contributed by atoms with Crippen molar-refractivity contribution < 1.29 is 0 Å². The Morgan fingerprint density at radius 1 is 0.299 bits per heavy atom. The lowest BCUT2D eigenvalue weighted by molar-refractivity contribution is 0.694. The third-order valence-corrected chi connectivity index (χ3v) is 16.3. The highest BCUT2D eigenvalue weighted by Gasteiger charge is 2.47. The molecule has 0 radical (unpaired) electrons. The van der Waals surface area contributed by atoms with Gasteiger partial charge in [0.15, 0.2) is 0 Å². The molecule has 2 aliphatic heterocycles. The van der Waals surface area contributed by atoms with Gasteiger partial charge in [0, 0.05) is 45.0 Å². The summed E-state index contributed by atoms with van der Waals surface area (Å²) in [7, 11) is 0. The van der Waals surface area contributed by atoms with Crippen LogP contribution in [0.2, 0.25) is 0 Å². The summed E-state index contributed by atoms with van der Waals surface area (Å²) in [6, 6.07) is 112. The van der Waals surface area contributed by atoms with Gasteiger partial charge in [-0.15, -0.1) is 0 Å². The van der Waals surface area contributed by atoms with Gasteiger partial charge in [0.05, 0.1) is 22.5 Å². The average Bonchev–Trinajstić information content (AvgIpc) is 4.08. The first-order chi connectivity index (χ1) is 38.2. The Kier molecular flexibility index (Phi) is 10.5. The van der Waals surface area contributed by atoms with Gasteiger partial charge in [-0.2, -0.15) is 0 Å². The Hall–Kier alpha value is -9.96. The maximum absolute atomic E-state index is 2.55. The van der Waals surface area contributed by atoms with Crippen molar-refractivity contribution in [1.82, 2.24) is 0 Å². The van der Waals surface area contributed by atoms with Crippen molar-refractivity contribution in [3.8, 4) is 55.6 Å². The minimum Gasteiger partial charge on any atom is -0.315 e. The summed E-state index contributed by atoms with van der Waals surface area (Å²) >= 11 is 0. The summed E-state index contributed by atoms with van der Waals surface area (Å²) in [6.45, 7) is 0. The van der Waals surface area contributed by atoms with Crippen molar-refractivity contribution in [1.29, 1.82) is 0 Å². The van der Waals surface area contributed by atoms with E-state index in [9.17, 15) is 0 Å². The zero-order valence-electron chi connectivity index (χ0n) is 42.3. The van der Waals surface area contributed by atoms with E-state index in [0.717, 1.165) is 39.6 Å². The molecule has 0 spiro atoms. The second-order valence-corrected chi connectivity index (χ2v) is 20.3. The molecule has 0 saturated carbocycles. The monoisotopic (exact) mass is 981 g/mol. The third-order valence-electron chi connectivity index (χ3n) is 16.3. The van der Waals surface area contributed by atoms with E-state index in [4.69, 9.17) is 0 Å². The SMILES string of the molecule is c1ccc(-c2cccc(N(c3ccc(-c4ccc(N5c6ccccc6-c6cccc7c6C5N(c5ccccc5)c5ccccc5-7)cc4)cc3)c3cccc4c3-c3ccccc3C4(c3ccccc3)c3ccccc3)c2)cc1. The fourth-order valence-electron chi connectivity index (χ4n) is 13.1. The van der Waals surface area contributed by atoms with E-state index in [-0.39, 0.29) is 6.17 Å². The normalized spacial score (nSPS) is 14.2. The van der Waals surface area contributed by atoms with Crippen molar-refractivity contribution in [2.24, 2.45) is 0 Å². The van der Waals surface area contributed by atoms with Gasteiger partial charge >= 0.3 is 0 Å². The molecule has 0 fully saturated rings. The average molecular weight is 982 g/mol. The summed E-state index contributed by atoms with van der Waals surface area (Å²) in [4.78, 5) is 7.57. The maximum atomic E-state index is 2.55. The quantitative estimate of drug-likeness (QED) is 0.143. The highest BCUT2D eigenvalue weighted by Crippen LogP contribution is 2.61. The summed E-state index contributed by atoms with van der Waals surface area (Å²) in [5.41, 5.74) is 26.0. The molecule has 362 valence electrons. The van der Waals surface area contributed by atoms with E-state index in [0.29, 0.717) is 0 Å². The second kappa shape index (κ2) is 18.2. The molecule has 12 aromatic rings. The van der Waals surface area contributed by atoms with Gasteiger partial charge in [-0.05, 0) is 128 Å². The Labute approximate surface area is 450 Å². The molecule has 3 aliphatic rings. The van der Waals surface area contributed by atoms with Crippen LogP contribution in [0.4, 0.5) is 39.8 Å². The van der Waals surface area contributed by atoms with Gasteiger partial charge in [0.1, 0.15) is 6.17 Å². The van der Waals surface area contributed by atoms with Gasteiger partial charge in [-0.25, -0.2) is 0 Å². The Bertz CT molecular complexity index is 4100. The number of rotatable bonds is 9. The molecule has 1 aliphatic carbocycles. The number of fused-ring (bicyclic) bond motifs is 7. The molecule has 0 bridgehead atoms. The summed E-state index contributed by atoms with van der Waals surface area (Å²) in [6.07, 6.45) is -0.123. The molecular weight excluding hydrogens is 931 g/mol. The first kappa shape index (κ1) is 44.5. The number of benzene rings is 12. The number of anilines is 7. The van der Waals surface area contributed by atoms with E-state index < -0.39 is 5.41 Å². The Morgan fingerprint density at radius 2 is 0.740 bits per heavy atom. The van der Waals surface area contributed by atoms with Crippen molar-refractivity contribution in [3.63, 3.8) is 0 Å². The summed E-state index contributed by atoms with van der Waals surface area (Å²) in [5.74, 6) is 0. The minimum atomic E-state index is -0.526. The molecule has 3 nitrogen and oxygen atoms in total. The second-order valence-electron chi connectivity index (χ2n) is 20.3. The first-order valence-corrected chi connectivity index (χ1v) is 26.7. The summed E-state index contributed by atoms with van der Waals surface area (Å²) in [5, 5.41) is 0. The lowest BCUT2D eigenvalue weighted by Gasteiger charge is -2.50. The van der Waals surface area contributed by atoms with Crippen LogP contribution in [0.3, 0.4) is 0 Å². The molecule has 12 aromatic carbocycles. The van der Waals surface area contributed by atoms with Gasteiger partial charge in [-0.1, -0.05) is 237 Å². The van der Waals surface area contributed by atoms with Crippen LogP contribution in [0.5, 0.6) is 0 Å². The molecule has 1 atom stereocenters. The van der Waals surface area contributed by atoms with Crippen molar-refractivity contribution >= 4 is 39.8 Å². The van der Waals surface area contributed by atoms with Crippen molar-refractivity contribution in [2.75, 3.05) is 14.7 Å².